The van der Waals surface area contributed by atoms with Crippen LogP contribution in [0.1, 0.15) is 36.8 Å². The van der Waals surface area contributed by atoms with Gasteiger partial charge in [-0.2, -0.15) is 0 Å². The van der Waals surface area contributed by atoms with Crippen LogP contribution in [0, 0.1) is 6.92 Å². The van der Waals surface area contributed by atoms with Crippen molar-refractivity contribution in [1.82, 2.24) is 5.32 Å². The minimum atomic E-state index is 0.479. The van der Waals surface area contributed by atoms with Gasteiger partial charge in [0.05, 0.1) is 0 Å². The normalized spacial score (nSPS) is 12.6. The van der Waals surface area contributed by atoms with Gasteiger partial charge in [-0.05, 0) is 44.2 Å². The van der Waals surface area contributed by atoms with Crippen molar-refractivity contribution >= 4 is 27.3 Å². The molecular formula is C16H20BrNS. The van der Waals surface area contributed by atoms with E-state index in [4.69, 9.17) is 0 Å². The molecule has 0 fully saturated rings. The highest BCUT2D eigenvalue weighted by atomic mass is 79.9. The Hall–Kier alpha value is -0.640. The lowest BCUT2D eigenvalue weighted by Gasteiger charge is -2.13. The molecule has 0 aliphatic heterocycles. The summed E-state index contributed by atoms with van der Waals surface area (Å²) in [5, 5.41) is 3.54. The third-order valence-corrected chi connectivity index (χ3v) is 5.14. The smallest absolute Gasteiger partial charge is 0.0412 e. The quantitative estimate of drug-likeness (QED) is 0.754. The standard InChI is InChI=1S/C16H20BrNS/c1-4-14(18-5-2)16-9-8-15(19-16)12-10-11(3)6-7-13(12)17/h6-10,14,18H,4-5H2,1-3H3. The van der Waals surface area contributed by atoms with Crippen molar-refractivity contribution in [2.75, 3.05) is 6.54 Å². The summed E-state index contributed by atoms with van der Waals surface area (Å²) in [4.78, 5) is 2.76. The molecule has 1 nitrogen and oxygen atoms in total. The highest BCUT2D eigenvalue weighted by molar-refractivity contribution is 9.10. The third kappa shape index (κ3) is 3.47. The molecular weight excluding hydrogens is 318 g/mol. The van der Waals surface area contributed by atoms with Crippen LogP contribution < -0.4 is 5.32 Å². The van der Waals surface area contributed by atoms with Gasteiger partial charge in [0.1, 0.15) is 0 Å². The third-order valence-electron chi connectivity index (χ3n) is 3.22. The Labute approximate surface area is 128 Å². The first kappa shape index (κ1) is 14.8. The number of thiophene rings is 1. The van der Waals surface area contributed by atoms with Gasteiger partial charge in [0.25, 0.3) is 0 Å². The fourth-order valence-corrected chi connectivity index (χ4v) is 3.99. The summed E-state index contributed by atoms with van der Waals surface area (Å²) in [6.45, 7) is 7.54. The number of nitrogens with one attached hydrogen (secondary N) is 1. The lowest BCUT2D eigenvalue weighted by atomic mass is 10.1. The summed E-state index contributed by atoms with van der Waals surface area (Å²) in [6, 6.07) is 11.5. The second-order valence-electron chi connectivity index (χ2n) is 4.70. The summed E-state index contributed by atoms with van der Waals surface area (Å²) < 4.78 is 1.17. The number of aryl methyl sites for hydroxylation is 1. The monoisotopic (exact) mass is 337 g/mol. The van der Waals surface area contributed by atoms with Crippen molar-refractivity contribution in [3.63, 3.8) is 0 Å². The van der Waals surface area contributed by atoms with Crippen LogP contribution in [0.25, 0.3) is 10.4 Å². The van der Waals surface area contributed by atoms with Gasteiger partial charge in [0.2, 0.25) is 0 Å². The van der Waals surface area contributed by atoms with Gasteiger partial charge in [-0.1, -0.05) is 41.4 Å². The molecule has 1 unspecified atom stereocenters. The van der Waals surface area contributed by atoms with Crippen LogP contribution in [0.15, 0.2) is 34.8 Å². The second-order valence-corrected chi connectivity index (χ2v) is 6.67. The van der Waals surface area contributed by atoms with E-state index in [-0.39, 0.29) is 0 Å². The Morgan fingerprint density at radius 3 is 2.68 bits per heavy atom. The van der Waals surface area contributed by atoms with Crippen LogP contribution in [0.4, 0.5) is 0 Å². The van der Waals surface area contributed by atoms with E-state index in [9.17, 15) is 0 Å². The van der Waals surface area contributed by atoms with Gasteiger partial charge >= 0.3 is 0 Å². The molecule has 19 heavy (non-hydrogen) atoms. The molecule has 2 rings (SSSR count). The van der Waals surface area contributed by atoms with E-state index in [1.54, 1.807) is 0 Å². The molecule has 1 atom stereocenters. The van der Waals surface area contributed by atoms with Crippen molar-refractivity contribution in [1.29, 1.82) is 0 Å². The fraction of sp³-hybridized carbons (Fsp3) is 0.375. The zero-order valence-electron chi connectivity index (χ0n) is 11.7. The van der Waals surface area contributed by atoms with Crippen LogP contribution in [-0.4, -0.2) is 6.54 Å². The lowest BCUT2D eigenvalue weighted by molar-refractivity contribution is 0.545. The van der Waals surface area contributed by atoms with Crippen LogP contribution >= 0.6 is 27.3 Å². The number of rotatable bonds is 5. The topological polar surface area (TPSA) is 12.0 Å². The van der Waals surface area contributed by atoms with Crippen molar-refractivity contribution in [2.45, 2.75) is 33.2 Å². The van der Waals surface area contributed by atoms with E-state index in [1.807, 2.05) is 11.3 Å². The van der Waals surface area contributed by atoms with Crippen molar-refractivity contribution < 1.29 is 0 Å². The Kier molecular flexibility index (Phi) is 5.20. The van der Waals surface area contributed by atoms with Crippen molar-refractivity contribution in [2.24, 2.45) is 0 Å². The predicted molar refractivity (Wildman–Crippen MR) is 88.9 cm³/mol. The average Bonchev–Trinajstić information content (AvgIpc) is 2.88. The molecule has 1 heterocycles. The Balaban J connectivity index is 2.32. The zero-order chi connectivity index (χ0) is 13.8. The first-order valence-corrected chi connectivity index (χ1v) is 8.36. The number of halogens is 1. The largest absolute Gasteiger partial charge is 0.310 e. The maximum absolute atomic E-state index is 3.65. The first-order chi connectivity index (χ1) is 9.15. The van der Waals surface area contributed by atoms with Gasteiger partial charge in [-0.15, -0.1) is 11.3 Å². The number of benzene rings is 1. The van der Waals surface area contributed by atoms with Gasteiger partial charge in [0.15, 0.2) is 0 Å². The van der Waals surface area contributed by atoms with Gasteiger partial charge < -0.3 is 5.32 Å². The molecule has 0 saturated carbocycles. The molecule has 0 bridgehead atoms. The highest BCUT2D eigenvalue weighted by Gasteiger charge is 2.12. The lowest BCUT2D eigenvalue weighted by Crippen LogP contribution is -2.18. The molecule has 0 radical (unpaired) electrons. The molecule has 0 aliphatic rings. The SMILES string of the molecule is CCNC(CC)c1ccc(-c2cc(C)ccc2Br)s1. The molecule has 1 N–H and O–H groups in total. The van der Waals surface area contributed by atoms with Crippen LogP contribution in [-0.2, 0) is 0 Å². The highest BCUT2D eigenvalue weighted by Crippen LogP contribution is 2.36. The van der Waals surface area contributed by atoms with Crippen LogP contribution in [0.5, 0.6) is 0 Å². The second kappa shape index (κ2) is 6.69. The number of hydrogen-bond acceptors (Lipinski definition) is 2. The van der Waals surface area contributed by atoms with E-state index in [1.165, 1.54) is 25.4 Å². The van der Waals surface area contributed by atoms with Crippen molar-refractivity contribution in [3.05, 3.63) is 45.2 Å². The van der Waals surface area contributed by atoms with Gasteiger partial charge in [-0.3, -0.25) is 0 Å². The molecule has 0 aliphatic carbocycles. The minimum absolute atomic E-state index is 0.479. The van der Waals surface area contributed by atoms with E-state index >= 15 is 0 Å². The van der Waals surface area contributed by atoms with Gasteiger partial charge in [0, 0.05) is 25.8 Å². The zero-order valence-corrected chi connectivity index (χ0v) is 14.1. The molecule has 1 aromatic heterocycles. The first-order valence-electron chi connectivity index (χ1n) is 6.75. The summed E-state index contributed by atoms with van der Waals surface area (Å²) >= 11 is 5.54. The number of hydrogen-bond donors (Lipinski definition) is 1. The maximum Gasteiger partial charge on any atom is 0.0412 e. The summed E-state index contributed by atoms with van der Waals surface area (Å²) in [5.41, 5.74) is 2.59. The minimum Gasteiger partial charge on any atom is -0.310 e. The molecule has 0 spiro atoms. The molecule has 0 amide bonds. The Morgan fingerprint density at radius 2 is 2.00 bits per heavy atom. The van der Waals surface area contributed by atoms with E-state index in [2.05, 4.69) is 72.3 Å². The van der Waals surface area contributed by atoms with Crippen LogP contribution in [0.3, 0.4) is 0 Å². The van der Waals surface area contributed by atoms with Crippen molar-refractivity contribution in [3.8, 4) is 10.4 Å². The molecule has 0 saturated heterocycles. The summed E-state index contributed by atoms with van der Waals surface area (Å²) in [7, 11) is 0. The van der Waals surface area contributed by atoms with E-state index < -0.39 is 0 Å². The Morgan fingerprint density at radius 1 is 1.21 bits per heavy atom. The fourth-order valence-electron chi connectivity index (χ4n) is 2.21. The van der Waals surface area contributed by atoms with E-state index in [0.717, 1.165) is 13.0 Å². The van der Waals surface area contributed by atoms with Crippen LogP contribution in [0.2, 0.25) is 0 Å². The summed E-state index contributed by atoms with van der Waals surface area (Å²) in [5.74, 6) is 0. The van der Waals surface area contributed by atoms with E-state index in [0.29, 0.717) is 6.04 Å². The van der Waals surface area contributed by atoms with Gasteiger partial charge in [-0.25, -0.2) is 0 Å². The summed E-state index contributed by atoms with van der Waals surface area (Å²) in [6.07, 6.45) is 1.13. The Bertz CT molecular complexity index is 547. The molecule has 102 valence electrons. The predicted octanol–water partition coefficient (Wildman–Crippen LogP) is 5.55. The average molecular weight is 338 g/mol. The molecule has 2 aromatic rings. The molecule has 3 heteroatoms. The maximum atomic E-state index is 3.65. The molecule has 1 aromatic carbocycles.